The van der Waals surface area contributed by atoms with Crippen molar-refractivity contribution in [3.05, 3.63) is 243 Å². The molecular formula is C65H42N8. The number of nitrogens with one attached hydrogen (secondary N) is 1. The van der Waals surface area contributed by atoms with Crippen molar-refractivity contribution in [1.82, 2.24) is 28.2 Å². The molecule has 73 heavy (non-hydrogen) atoms. The fourth-order valence-corrected chi connectivity index (χ4v) is 12.2. The van der Waals surface area contributed by atoms with Crippen LogP contribution in [0.25, 0.3) is 116 Å². The van der Waals surface area contributed by atoms with E-state index in [1.807, 2.05) is 0 Å². The van der Waals surface area contributed by atoms with Crippen LogP contribution in [0.15, 0.2) is 243 Å². The Morgan fingerprint density at radius 2 is 0.781 bits per heavy atom. The van der Waals surface area contributed by atoms with Crippen LogP contribution in [0, 0.1) is 0 Å². The lowest BCUT2D eigenvalue weighted by Gasteiger charge is -2.30. The number of anilines is 3. The van der Waals surface area contributed by atoms with Crippen LogP contribution in [0.5, 0.6) is 0 Å². The zero-order valence-corrected chi connectivity index (χ0v) is 39.3. The van der Waals surface area contributed by atoms with Crippen molar-refractivity contribution in [1.29, 1.82) is 0 Å². The summed E-state index contributed by atoms with van der Waals surface area (Å²) < 4.78 is 9.65. The summed E-state index contributed by atoms with van der Waals surface area (Å²) in [6.45, 7) is 0. The van der Waals surface area contributed by atoms with E-state index in [9.17, 15) is 0 Å². The lowest BCUT2D eigenvalue weighted by molar-refractivity contribution is 0.628. The fraction of sp³-hybridized carbons (Fsp3) is 0.0154. The highest BCUT2D eigenvalue weighted by Gasteiger charge is 2.39. The number of nitrogens with zero attached hydrogens (tertiary/aromatic N) is 7. The maximum Gasteiger partial charge on any atom is 0.237 e. The second-order valence-corrected chi connectivity index (χ2v) is 19.0. The summed E-state index contributed by atoms with van der Waals surface area (Å²) >= 11 is 0. The van der Waals surface area contributed by atoms with Gasteiger partial charge in [0, 0.05) is 65.7 Å². The van der Waals surface area contributed by atoms with Gasteiger partial charge in [-0.25, -0.2) is 4.98 Å². The van der Waals surface area contributed by atoms with E-state index in [1.165, 1.54) is 32.3 Å². The Morgan fingerprint density at radius 1 is 0.329 bits per heavy atom. The molecule has 0 bridgehead atoms. The van der Waals surface area contributed by atoms with Crippen molar-refractivity contribution in [3.8, 4) is 28.6 Å². The number of rotatable bonds is 6. The van der Waals surface area contributed by atoms with Crippen LogP contribution in [-0.4, -0.2) is 28.2 Å². The van der Waals surface area contributed by atoms with Crippen LogP contribution < -0.4 is 10.2 Å². The topological polar surface area (TPSA) is 60.8 Å². The zero-order chi connectivity index (χ0) is 47.7. The van der Waals surface area contributed by atoms with E-state index in [0.717, 1.165) is 94.7 Å². The van der Waals surface area contributed by atoms with Gasteiger partial charge in [-0.2, -0.15) is 4.98 Å². The molecule has 0 aliphatic carbocycles. The van der Waals surface area contributed by atoms with Gasteiger partial charge in [-0.15, -0.1) is 0 Å². The van der Waals surface area contributed by atoms with E-state index in [0.29, 0.717) is 5.95 Å². The van der Waals surface area contributed by atoms with Gasteiger partial charge in [0.2, 0.25) is 5.95 Å². The number of hydrogen-bond acceptors (Lipinski definition) is 4. The zero-order valence-electron chi connectivity index (χ0n) is 39.3. The van der Waals surface area contributed by atoms with Crippen molar-refractivity contribution in [2.24, 2.45) is 0 Å². The maximum atomic E-state index is 5.76. The van der Waals surface area contributed by atoms with Gasteiger partial charge in [0.1, 0.15) is 11.4 Å². The van der Waals surface area contributed by atoms with Crippen molar-refractivity contribution < 1.29 is 0 Å². The number of para-hydroxylation sites is 7. The predicted octanol–water partition coefficient (Wildman–Crippen LogP) is 16.3. The molecule has 1 atom stereocenters. The van der Waals surface area contributed by atoms with E-state index in [-0.39, 0.29) is 0 Å². The number of benzene rings is 10. The molecule has 5 aromatic heterocycles. The Hall–Kier alpha value is -9.92. The number of fused-ring (bicyclic) bond motifs is 15. The van der Waals surface area contributed by atoms with Gasteiger partial charge >= 0.3 is 0 Å². The number of hydrogen-bond donors (Lipinski definition) is 1. The molecule has 0 amide bonds. The quantitative estimate of drug-likeness (QED) is 0.180. The molecule has 1 unspecified atom stereocenters. The molecule has 1 N–H and O–H groups in total. The highest BCUT2D eigenvalue weighted by atomic mass is 15.5. The highest BCUT2D eigenvalue weighted by Crippen LogP contribution is 2.52. The fourth-order valence-electron chi connectivity index (χ4n) is 12.2. The molecule has 8 nitrogen and oxygen atoms in total. The van der Waals surface area contributed by atoms with Gasteiger partial charge in [-0.05, 0) is 66.7 Å². The van der Waals surface area contributed by atoms with E-state index in [2.05, 4.69) is 271 Å². The summed E-state index contributed by atoms with van der Waals surface area (Å²) in [5.74, 6) is 1.32. The van der Waals surface area contributed by atoms with Crippen LogP contribution in [0.3, 0.4) is 0 Å². The van der Waals surface area contributed by atoms with Crippen LogP contribution in [-0.2, 0) is 0 Å². The van der Waals surface area contributed by atoms with E-state index < -0.39 is 6.29 Å². The molecule has 1 aliphatic heterocycles. The molecule has 0 spiro atoms. The van der Waals surface area contributed by atoms with Gasteiger partial charge in [-0.1, -0.05) is 176 Å². The SMILES string of the molecule is c1ccc(-c2nc(-n3c4ccccc4c4c3ccc3c5ccccc5n(-c5ccccc5)c34)nc3c2N(c2ccccc2)C(n2c4ccccc4c4ccc5c6ccccc6n(-c6ccccc6)c5c42)N3)cc1. The van der Waals surface area contributed by atoms with Crippen LogP contribution in [0.4, 0.5) is 17.2 Å². The van der Waals surface area contributed by atoms with Crippen LogP contribution >= 0.6 is 0 Å². The monoisotopic (exact) mass is 934 g/mol. The second kappa shape index (κ2) is 15.3. The standard InChI is InChI=1S/C65H42N8/c1-5-21-41(22-6-1)58-62-63(67-64(66-58)72-55-36-20-16-32-51(55)57-56(72)40-39-48-45-29-13-17-33-52(45)69(59(48)57)42-23-7-2-8-24-42)68-65(71(62)44-27-11-4-12-28-44)73-54-35-19-15-31-47(54)50-38-37-49-46-30-14-18-34-53(46)70(60(49)61(50)73)43-25-9-3-10-26-43/h1-40,65H,(H,66,67,68). The molecular weight excluding hydrogens is 893 g/mol. The smallest absolute Gasteiger partial charge is 0.237 e. The minimum Gasteiger partial charge on any atom is -0.330 e. The normalized spacial score (nSPS) is 13.7. The molecule has 16 rings (SSSR count). The Labute approximate surface area is 418 Å². The Kier molecular flexibility index (Phi) is 8.35. The van der Waals surface area contributed by atoms with Crippen LogP contribution in [0.1, 0.15) is 6.29 Å². The first kappa shape index (κ1) is 39.9. The van der Waals surface area contributed by atoms with Gasteiger partial charge < -0.3 is 14.5 Å². The molecule has 0 radical (unpaired) electrons. The van der Waals surface area contributed by atoms with E-state index in [4.69, 9.17) is 9.97 Å². The minimum atomic E-state index is -0.473. The molecule has 8 heteroatoms. The lowest BCUT2D eigenvalue weighted by atomic mass is 10.1. The van der Waals surface area contributed by atoms with Crippen molar-refractivity contribution in [2.45, 2.75) is 6.29 Å². The third-order valence-corrected chi connectivity index (χ3v) is 15.2. The first-order chi connectivity index (χ1) is 36.3. The van der Waals surface area contributed by atoms with Crippen LogP contribution in [0.2, 0.25) is 0 Å². The molecule has 15 aromatic rings. The largest absolute Gasteiger partial charge is 0.330 e. The molecule has 10 aromatic carbocycles. The molecule has 0 saturated carbocycles. The first-order valence-corrected chi connectivity index (χ1v) is 24.9. The summed E-state index contributed by atoms with van der Waals surface area (Å²) in [7, 11) is 0. The Bertz CT molecular complexity index is 4700. The summed E-state index contributed by atoms with van der Waals surface area (Å²) in [5.41, 5.74) is 14.9. The van der Waals surface area contributed by atoms with Gasteiger partial charge in [0.05, 0.1) is 44.1 Å². The van der Waals surface area contributed by atoms with E-state index >= 15 is 0 Å². The number of aromatic nitrogens is 6. The molecule has 0 fully saturated rings. The minimum absolute atomic E-state index is 0.473. The van der Waals surface area contributed by atoms with Gasteiger partial charge in [0.15, 0.2) is 12.1 Å². The summed E-state index contributed by atoms with van der Waals surface area (Å²) in [6.07, 6.45) is -0.473. The Morgan fingerprint density at radius 3 is 1.40 bits per heavy atom. The summed E-state index contributed by atoms with van der Waals surface area (Å²) in [4.78, 5) is 13.9. The van der Waals surface area contributed by atoms with Crippen molar-refractivity contribution in [2.75, 3.05) is 10.2 Å². The first-order valence-electron chi connectivity index (χ1n) is 24.9. The Balaban J connectivity index is 1.01. The molecule has 0 saturated heterocycles. The average Bonchev–Trinajstić information content (AvgIpc) is 4.30. The molecule has 342 valence electrons. The van der Waals surface area contributed by atoms with E-state index in [1.54, 1.807) is 0 Å². The third-order valence-electron chi connectivity index (χ3n) is 15.2. The van der Waals surface area contributed by atoms with Crippen molar-refractivity contribution >= 4 is 104 Å². The summed E-state index contributed by atoms with van der Waals surface area (Å²) in [6, 6.07) is 87.0. The lowest BCUT2D eigenvalue weighted by Crippen LogP contribution is -2.29. The maximum absolute atomic E-state index is 5.76. The van der Waals surface area contributed by atoms with Gasteiger partial charge in [-0.3, -0.25) is 14.0 Å². The average molecular weight is 935 g/mol. The van der Waals surface area contributed by atoms with Crippen molar-refractivity contribution in [3.63, 3.8) is 0 Å². The predicted molar refractivity (Wildman–Crippen MR) is 301 cm³/mol. The molecule has 6 heterocycles. The second-order valence-electron chi connectivity index (χ2n) is 19.0. The van der Waals surface area contributed by atoms with Gasteiger partial charge in [0.25, 0.3) is 0 Å². The molecule has 1 aliphatic rings. The summed E-state index contributed by atoms with van der Waals surface area (Å²) in [5, 5.41) is 13.6. The highest BCUT2D eigenvalue weighted by molar-refractivity contribution is 6.27. The third kappa shape index (κ3) is 5.60.